The van der Waals surface area contributed by atoms with Crippen LogP contribution in [-0.2, 0) is 0 Å². The van der Waals surface area contributed by atoms with E-state index in [-0.39, 0.29) is 5.88 Å². The van der Waals surface area contributed by atoms with E-state index in [1.165, 1.54) is 0 Å². The molecule has 9 heavy (non-hydrogen) atoms. The molecule has 0 unspecified atom stereocenters. The second-order valence-electron chi connectivity index (χ2n) is 1.62. The Morgan fingerprint density at radius 2 is 2.44 bits per heavy atom. The number of hydrogen-bond donors (Lipinski definition) is 1. The van der Waals surface area contributed by atoms with Gasteiger partial charge in [-0.1, -0.05) is 5.16 Å². The zero-order chi connectivity index (χ0) is 6.85. The van der Waals surface area contributed by atoms with Crippen LogP contribution >= 0.6 is 0 Å². The number of nitrogens with zero attached hydrogens (tertiary/aromatic N) is 2. The van der Waals surface area contributed by atoms with Crippen LogP contribution in [-0.4, -0.2) is 5.16 Å². The summed E-state index contributed by atoms with van der Waals surface area (Å²) >= 11 is 0. The molecule has 4 heteroatoms. The van der Waals surface area contributed by atoms with Crippen molar-refractivity contribution in [1.29, 1.82) is 5.26 Å². The molecule has 1 rings (SSSR count). The highest BCUT2D eigenvalue weighted by atomic mass is 16.5. The number of rotatable bonds is 0. The van der Waals surface area contributed by atoms with Gasteiger partial charge in [-0.15, -0.1) is 0 Å². The average Bonchev–Trinajstić information content (AvgIpc) is 2.12. The summed E-state index contributed by atoms with van der Waals surface area (Å²) in [6.45, 7) is 1.67. The highest BCUT2D eigenvalue weighted by molar-refractivity contribution is 5.47. The van der Waals surface area contributed by atoms with Crippen LogP contribution in [0.25, 0.3) is 0 Å². The van der Waals surface area contributed by atoms with Crippen molar-refractivity contribution in [2.75, 3.05) is 5.73 Å². The minimum Gasteiger partial charge on any atom is -0.366 e. The Labute approximate surface area is 51.9 Å². The lowest BCUT2D eigenvalue weighted by atomic mass is 10.3. The number of nitrogens with two attached hydrogens (primary N) is 1. The van der Waals surface area contributed by atoms with Gasteiger partial charge in [-0.2, -0.15) is 5.26 Å². The molecule has 1 aromatic rings. The first-order chi connectivity index (χ1) is 4.25. The van der Waals surface area contributed by atoms with E-state index >= 15 is 0 Å². The zero-order valence-corrected chi connectivity index (χ0v) is 4.88. The van der Waals surface area contributed by atoms with Crippen molar-refractivity contribution in [2.45, 2.75) is 6.92 Å². The quantitative estimate of drug-likeness (QED) is 0.543. The van der Waals surface area contributed by atoms with Crippen molar-refractivity contribution in [3.8, 4) is 6.07 Å². The highest BCUT2D eigenvalue weighted by Crippen LogP contribution is 2.12. The monoisotopic (exact) mass is 123 g/mol. The van der Waals surface area contributed by atoms with Crippen molar-refractivity contribution in [3.63, 3.8) is 0 Å². The van der Waals surface area contributed by atoms with Crippen molar-refractivity contribution < 1.29 is 4.52 Å². The van der Waals surface area contributed by atoms with E-state index in [4.69, 9.17) is 11.0 Å². The van der Waals surface area contributed by atoms with Gasteiger partial charge >= 0.3 is 0 Å². The number of nitrogen functional groups attached to an aromatic ring is 1. The maximum absolute atomic E-state index is 8.36. The Balaban J connectivity index is 3.27. The van der Waals surface area contributed by atoms with Crippen molar-refractivity contribution >= 4 is 5.88 Å². The van der Waals surface area contributed by atoms with Crippen molar-refractivity contribution in [3.05, 3.63) is 11.3 Å². The Bertz CT molecular complexity index is 238. The van der Waals surface area contributed by atoms with E-state index in [1.54, 1.807) is 6.92 Å². The summed E-state index contributed by atoms with van der Waals surface area (Å²) < 4.78 is 4.49. The standard InChI is InChI=1S/C5H5N3O/c1-3-4(2-6)5(7)9-8-3/h7H2,1H3. The van der Waals surface area contributed by atoms with Gasteiger partial charge in [0.05, 0.1) is 0 Å². The molecular formula is C5H5N3O. The van der Waals surface area contributed by atoms with Crippen molar-refractivity contribution in [2.24, 2.45) is 0 Å². The minimum absolute atomic E-state index is 0.0926. The molecule has 2 N–H and O–H groups in total. The number of nitriles is 1. The first-order valence-electron chi connectivity index (χ1n) is 2.37. The van der Waals surface area contributed by atoms with Crippen LogP contribution in [0.4, 0.5) is 5.88 Å². The van der Waals surface area contributed by atoms with Gasteiger partial charge in [0.1, 0.15) is 17.3 Å². The summed E-state index contributed by atoms with van der Waals surface area (Å²) in [6.07, 6.45) is 0. The van der Waals surface area contributed by atoms with Crippen molar-refractivity contribution in [1.82, 2.24) is 5.16 Å². The molecule has 0 saturated heterocycles. The van der Waals surface area contributed by atoms with Gasteiger partial charge in [0.25, 0.3) is 0 Å². The molecule has 0 fully saturated rings. The lowest BCUT2D eigenvalue weighted by molar-refractivity contribution is 0.431. The summed E-state index contributed by atoms with van der Waals surface area (Å²) in [6, 6.07) is 1.86. The first kappa shape index (κ1) is 5.63. The van der Waals surface area contributed by atoms with E-state index in [2.05, 4.69) is 9.68 Å². The molecule has 0 radical (unpaired) electrons. The molecule has 1 heterocycles. The third kappa shape index (κ3) is 0.722. The molecule has 0 amide bonds. The highest BCUT2D eigenvalue weighted by Gasteiger charge is 2.06. The fourth-order valence-corrected chi connectivity index (χ4v) is 0.523. The number of aromatic nitrogens is 1. The van der Waals surface area contributed by atoms with Crippen LogP contribution < -0.4 is 5.73 Å². The largest absolute Gasteiger partial charge is 0.366 e. The second-order valence-corrected chi connectivity index (χ2v) is 1.62. The lowest BCUT2D eigenvalue weighted by Crippen LogP contribution is -1.84. The van der Waals surface area contributed by atoms with Crippen LogP contribution in [0.2, 0.25) is 0 Å². The second kappa shape index (κ2) is 1.78. The molecule has 0 aliphatic heterocycles. The maximum atomic E-state index is 8.36. The Hall–Kier alpha value is -1.50. The molecule has 0 saturated carbocycles. The molecule has 0 aliphatic rings. The van der Waals surface area contributed by atoms with Gasteiger partial charge < -0.3 is 10.3 Å². The fourth-order valence-electron chi connectivity index (χ4n) is 0.523. The predicted molar refractivity (Wildman–Crippen MR) is 30.4 cm³/mol. The van der Waals surface area contributed by atoms with Gasteiger partial charge in [-0.3, -0.25) is 0 Å². The van der Waals surface area contributed by atoms with Crippen LogP contribution in [0.1, 0.15) is 11.3 Å². The van der Waals surface area contributed by atoms with Gasteiger partial charge in [0.15, 0.2) is 0 Å². The number of hydrogen-bond acceptors (Lipinski definition) is 4. The molecule has 0 atom stereocenters. The van der Waals surface area contributed by atoms with Crippen LogP contribution in [0.3, 0.4) is 0 Å². The SMILES string of the molecule is Cc1noc(N)c1C#N. The molecule has 0 aromatic carbocycles. The third-order valence-corrected chi connectivity index (χ3v) is 1.00. The van der Waals surface area contributed by atoms with E-state index in [1.807, 2.05) is 6.07 Å². The summed E-state index contributed by atoms with van der Waals surface area (Å²) in [7, 11) is 0. The Morgan fingerprint density at radius 1 is 1.78 bits per heavy atom. The van der Waals surface area contributed by atoms with Gasteiger partial charge in [0.2, 0.25) is 5.88 Å². The Morgan fingerprint density at radius 3 is 2.67 bits per heavy atom. The van der Waals surface area contributed by atoms with E-state index in [9.17, 15) is 0 Å². The van der Waals surface area contributed by atoms with Crippen LogP contribution in [0.15, 0.2) is 4.52 Å². The minimum atomic E-state index is 0.0926. The molecular weight excluding hydrogens is 118 g/mol. The van der Waals surface area contributed by atoms with E-state index in [0.29, 0.717) is 11.3 Å². The third-order valence-electron chi connectivity index (χ3n) is 1.00. The summed E-state index contributed by atoms with van der Waals surface area (Å²) in [4.78, 5) is 0. The Kier molecular flexibility index (Phi) is 1.12. The summed E-state index contributed by atoms with van der Waals surface area (Å²) in [5, 5.41) is 11.8. The zero-order valence-electron chi connectivity index (χ0n) is 4.88. The lowest BCUT2D eigenvalue weighted by Gasteiger charge is -1.77. The normalized spacial score (nSPS) is 8.89. The first-order valence-corrected chi connectivity index (χ1v) is 2.37. The fraction of sp³-hybridized carbons (Fsp3) is 0.200. The molecule has 1 aromatic heterocycles. The molecule has 4 nitrogen and oxygen atoms in total. The predicted octanol–water partition coefficient (Wildman–Crippen LogP) is 0.437. The maximum Gasteiger partial charge on any atom is 0.240 e. The molecule has 0 aliphatic carbocycles. The smallest absolute Gasteiger partial charge is 0.240 e. The summed E-state index contributed by atoms with van der Waals surface area (Å²) in [5.41, 5.74) is 6.07. The van der Waals surface area contributed by atoms with Crippen LogP contribution in [0, 0.1) is 18.3 Å². The number of aryl methyl sites for hydroxylation is 1. The van der Waals surface area contributed by atoms with Gasteiger partial charge in [-0.05, 0) is 6.92 Å². The van der Waals surface area contributed by atoms with E-state index in [0.717, 1.165) is 0 Å². The van der Waals surface area contributed by atoms with Crippen LogP contribution in [0.5, 0.6) is 0 Å². The molecule has 0 spiro atoms. The molecule has 46 valence electrons. The summed E-state index contributed by atoms with van der Waals surface area (Å²) in [5.74, 6) is 0.0926. The van der Waals surface area contributed by atoms with E-state index < -0.39 is 0 Å². The molecule has 0 bridgehead atoms. The topological polar surface area (TPSA) is 75.8 Å². The number of anilines is 1. The van der Waals surface area contributed by atoms with Gasteiger partial charge in [0, 0.05) is 0 Å². The average molecular weight is 123 g/mol. The van der Waals surface area contributed by atoms with Gasteiger partial charge in [-0.25, -0.2) is 0 Å².